The first-order valence-corrected chi connectivity index (χ1v) is 8.73. The van der Waals surface area contributed by atoms with Gasteiger partial charge in [-0.2, -0.15) is 0 Å². The molecule has 1 aliphatic rings. The number of hydrogen-bond donors (Lipinski definition) is 1. The van der Waals surface area contributed by atoms with Crippen LogP contribution < -0.4 is 5.32 Å². The molecule has 6 nitrogen and oxygen atoms in total. The molecule has 1 aromatic carbocycles. The summed E-state index contributed by atoms with van der Waals surface area (Å²) in [4.78, 5) is 27.2. The normalized spacial score (nSPS) is 17.4. The topological polar surface area (TPSA) is 75.4 Å². The molecule has 0 radical (unpaired) electrons. The Labute approximate surface area is 147 Å². The summed E-state index contributed by atoms with van der Waals surface area (Å²) in [6.45, 7) is 4.44. The zero-order chi connectivity index (χ0) is 17.8. The first-order valence-electron chi connectivity index (χ1n) is 8.73. The Hall–Kier alpha value is -2.63. The van der Waals surface area contributed by atoms with Crippen molar-refractivity contribution >= 4 is 17.7 Å². The van der Waals surface area contributed by atoms with Gasteiger partial charge in [0.1, 0.15) is 6.04 Å². The van der Waals surface area contributed by atoms with Gasteiger partial charge in [0.15, 0.2) is 0 Å². The van der Waals surface area contributed by atoms with E-state index in [4.69, 9.17) is 4.52 Å². The molecule has 1 atom stereocenters. The van der Waals surface area contributed by atoms with Crippen molar-refractivity contribution in [2.75, 3.05) is 11.9 Å². The molecule has 1 saturated heterocycles. The van der Waals surface area contributed by atoms with Crippen LogP contribution in [0.25, 0.3) is 0 Å². The summed E-state index contributed by atoms with van der Waals surface area (Å²) in [5, 5.41) is 6.77. The smallest absolute Gasteiger partial charge is 0.254 e. The minimum absolute atomic E-state index is 0.107. The molecule has 0 saturated carbocycles. The largest absolute Gasteiger partial charge is 0.338 e. The average molecular weight is 341 g/mol. The van der Waals surface area contributed by atoms with Gasteiger partial charge in [-0.05, 0) is 44.7 Å². The molecule has 6 heteroatoms. The Bertz CT molecular complexity index is 755. The summed E-state index contributed by atoms with van der Waals surface area (Å²) in [5.41, 5.74) is 2.27. The van der Waals surface area contributed by atoms with Gasteiger partial charge in [-0.15, -0.1) is 0 Å². The van der Waals surface area contributed by atoms with E-state index in [2.05, 4.69) is 10.5 Å². The summed E-state index contributed by atoms with van der Waals surface area (Å²) in [6.07, 6.45) is 3.22. The molecule has 1 fully saturated rings. The number of nitrogens with one attached hydrogen (secondary N) is 1. The number of carbonyl (C=O) groups excluding carboxylic acids is 2. The maximum Gasteiger partial charge on any atom is 0.254 e. The van der Waals surface area contributed by atoms with Gasteiger partial charge in [-0.1, -0.05) is 30.3 Å². The Balaban J connectivity index is 1.77. The molecule has 2 amide bonds. The van der Waals surface area contributed by atoms with E-state index in [9.17, 15) is 9.59 Å². The van der Waals surface area contributed by atoms with Gasteiger partial charge in [0.25, 0.3) is 5.91 Å². The third kappa shape index (κ3) is 3.57. The quantitative estimate of drug-likeness (QED) is 0.927. The van der Waals surface area contributed by atoms with Crippen LogP contribution in [0.2, 0.25) is 0 Å². The van der Waals surface area contributed by atoms with Crippen molar-refractivity contribution in [3.63, 3.8) is 0 Å². The van der Waals surface area contributed by atoms with Crippen LogP contribution in [0.5, 0.6) is 0 Å². The van der Waals surface area contributed by atoms with Crippen LogP contribution in [0.1, 0.15) is 47.8 Å². The lowest BCUT2D eigenvalue weighted by Crippen LogP contribution is -2.50. The molecule has 1 unspecified atom stereocenters. The lowest BCUT2D eigenvalue weighted by molar-refractivity contribution is -0.121. The van der Waals surface area contributed by atoms with Gasteiger partial charge in [-0.25, -0.2) is 0 Å². The van der Waals surface area contributed by atoms with Crippen molar-refractivity contribution in [1.82, 2.24) is 10.1 Å². The predicted molar refractivity (Wildman–Crippen MR) is 94.4 cm³/mol. The van der Waals surface area contributed by atoms with Crippen LogP contribution in [0, 0.1) is 6.92 Å². The second kappa shape index (κ2) is 7.51. The first kappa shape index (κ1) is 17.2. The fourth-order valence-corrected chi connectivity index (χ4v) is 3.20. The second-order valence-corrected chi connectivity index (χ2v) is 6.30. The van der Waals surface area contributed by atoms with Crippen LogP contribution in [0.3, 0.4) is 0 Å². The van der Waals surface area contributed by atoms with E-state index in [0.29, 0.717) is 24.4 Å². The number of aromatic nitrogens is 1. The first-order chi connectivity index (χ1) is 12.1. The van der Waals surface area contributed by atoms with Crippen molar-refractivity contribution in [2.24, 2.45) is 0 Å². The van der Waals surface area contributed by atoms with Crippen LogP contribution in [-0.2, 0) is 11.2 Å². The summed E-state index contributed by atoms with van der Waals surface area (Å²) in [7, 11) is 0. The van der Waals surface area contributed by atoms with Crippen LogP contribution in [0.15, 0.2) is 34.9 Å². The van der Waals surface area contributed by atoms with E-state index < -0.39 is 6.04 Å². The summed E-state index contributed by atoms with van der Waals surface area (Å²) in [6, 6.07) is 8.60. The number of amides is 2. The second-order valence-electron chi connectivity index (χ2n) is 6.30. The lowest BCUT2D eigenvalue weighted by Gasteiger charge is -2.34. The van der Waals surface area contributed by atoms with Crippen LogP contribution in [-0.4, -0.2) is 34.5 Å². The number of rotatable bonds is 4. The number of piperidine rings is 1. The van der Waals surface area contributed by atoms with Crippen molar-refractivity contribution in [3.8, 4) is 0 Å². The molecule has 2 aromatic rings. The zero-order valence-electron chi connectivity index (χ0n) is 14.6. The van der Waals surface area contributed by atoms with Crippen molar-refractivity contribution in [1.29, 1.82) is 0 Å². The number of anilines is 1. The van der Waals surface area contributed by atoms with Crippen molar-refractivity contribution in [3.05, 3.63) is 47.2 Å². The van der Waals surface area contributed by atoms with Gasteiger partial charge in [0.05, 0.1) is 5.69 Å². The average Bonchev–Trinajstić information content (AvgIpc) is 3.01. The minimum Gasteiger partial charge on any atom is -0.338 e. The van der Waals surface area contributed by atoms with Crippen molar-refractivity contribution < 1.29 is 14.1 Å². The highest BCUT2D eigenvalue weighted by molar-refractivity contribution is 6.01. The highest BCUT2D eigenvalue weighted by Gasteiger charge is 2.33. The van der Waals surface area contributed by atoms with Gasteiger partial charge < -0.3 is 9.42 Å². The summed E-state index contributed by atoms with van der Waals surface area (Å²) >= 11 is 0. The predicted octanol–water partition coefficient (Wildman–Crippen LogP) is 3.18. The third-order valence-corrected chi connectivity index (χ3v) is 4.68. The number of likely N-dealkylation sites (tertiary alicyclic amines) is 1. The van der Waals surface area contributed by atoms with Gasteiger partial charge in [0, 0.05) is 17.7 Å². The number of aryl methyl sites for hydroxylation is 1. The Morgan fingerprint density at radius 1 is 1.28 bits per heavy atom. The monoisotopic (exact) mass is 341 g/mol. The highest BCUT2D eigenvalue weighted by atomic mass is 16.5. The molecule has 2 heterocycles. The van der Waals surface area contributed by atoms with E-state index in [1.165, 1.54) is 0 Å². The van der Waals surface area contributed by atoms with E-state index in [0.717, 1.165) is 30.5 Å². The number of hydrogen-bond acceptors (Lipinski definition) is 4. The maximum absolute atomic E-state index is 12.8. The molecule has 1 N–H and O–H groups in total. The van der Waals surface area contributed by atoms with Gasteiger partial charge in [0.2, 0.25) is 11.8 Å². The molecule has 1 aromatic heterocycles. The van der Waals surface area contributed by atoms with E-state index in [-0.39, 0.29) is 11.8 Å². The standard InChI is InChI=1S/C19H23N3O3/c1-3-15-13(2)18(25-21-15)20-17(23)16-11-7-8-12-22(16)19(24)14-9-5-4-6-10-14/h4-6,9-10,16H,3,7-8,11-12H2,1-2H3,(H,20,23). The summed E-state index contributed by atoms with van der Waals surface area (Å²) < 4.78 is 5.24. The van der Waals surface area contributed by atoms with Crippen molar-refractivity contribution in [2.45, 2.75) is 45.6 Å². The maximum atomic E-state index is 12.8. The van der Waals surface area contributed by atoms with Gasteiger partial charge in [-0.3, -0.25) is 14.9 Å². The lowest BCUT2D eigenvalue weighted by atomic mass is 10.00. The molecule has 0 aliphatic carbocycles. The molecule has 25 heavy (non-hydrogen) atoms. The molecular weight excluding hydrogens is 318 g/mol. The summed E-state index contributed by atoms with van der Waals surface area (Å²) in [5.74, 6) is 0.0504. The zero-order valence-corrected chi connectivity index (χ0v) is 14.6. The molecule has 3 rings (SSSR count). The molecular formula is C19H23N3O3. The minimum atomic E-state index is -0.490. The van der Waals surface area contributed by atoms with Crippen LogP contribution >= 0.6 is 0 Å². The Morgan fingerprint density at radius 2 is 2.04 bits per heavy atom. The Kier molecular flexibility index (Phi) is 5.16. The molecule has 0 spiro atoms. The van der Waals surface area contributed by atoms with E-state index in [1.807, 2.05) is 32.0 Å². The number of nitrogens with zero attached hydrogens (tertiary/aromatic N) is 2. The third-order valence-electron chi connectivity index (χ3n) is 4.68. The number of benzene rings is 1. The van der Waals surface area contributed by atoms with Gasteiger partial charge >= 0.3 is 0 Å². The van der Waals surface area contributed by atoms with E-state index in [1.54, 1.807) is 17.0 Å². The molecule has 132 valence electrons. The highest BCUT2D eigenvalue weighted by Crippen LogP contribution is 2.23. The fraction of sp³-hybridized carbons (Fsp3) is 0.421. The molecule has 0 bridgehead atoms. The molecule has 1 aliphatic heterocycles. The van der Waals surface area contributed by atoms with E-state index >= 15 is 0 Å². The van der Waals surface area contributed by atoms with Crippen LogP contribution in [0.4, 0.5) is 5.88 Å². The SMILES string of the molecule is CCc1noc(NC(=O)C2CCCCN2C(=O)c2ccccc2)c1C. The number of carbonyl (C=O) groups is 2. The fourth-order valence-electron chi connectivity index (χ4n) is 3.20. The Morgan fingerprint density at radius 3 is 2.72 bits per heavy atom.